The molecule has 1 aliphatic rings. The average molecular weight is 313 g/mol. The van der Waals surface area contributed by atoms with E-state index in [-0.39, 0.29) is 16.4 Å². The Labute approximate surface area is 127 Å². The van der Waals surface area contributed by atoms with Gasteiger partial charge in [-0.15, -0.1) is 0 Å². The SMILES string of the molecule is CN1CCC(CN(C)C(=O)c2cc(Cl)ncc2[N+](=O)[O-])C1. The Morgan fingerprint density at radius 2 is 2.38 bits per heavy atom. The first-order valence-electron chi connectivity index (χ1n) is 6.62. The fraction of sp³-hybridized carbons (Fsp3) is 0.538. The van der Waals surface area contributed by atoms with Crippen LogP contribution in [0.2, 0.25) is 5.15 Å². The van der Waals surface area contributed by atoms with Crippen molar-refractivity contribution in [1.29, 1.82) is 0 Å². The molecule has 21 heavy (non-hydrogen) atoms. The summed E-state index contributed by atoms with van der Waals surface area (Å²) in [6.45, 7) is 2.50. The molecule has 8 heteroatoms. The minimum atomic E-state index is -0.617. The van der Waals surface area contributed by atoms with Crippen LogP contribution in [0.1, 0.15) is 16.8 Å². The molecule has 1 aromatic heterocycles. The summed E-state index contributed by atoms with van der Waals surface area (Å²) in [6.07, 6.45) is 2.04. The lowest BCUT2D eigenvalue weighted by Gasteiger charge is -2.21. The van der Waals surface area contributed by atoms with E-state index in [1.807, 2.05) is 7.05 Å². The van der Waals surface area contributed by atoms with E-state index in [9.17, 15) is 14.9 Å². The number of pyridine rings is 1. The van der Waals surface area contributed by atoms with Gasteiger partial charge >= 0.3 is 0 Å². The Kier molecular flexibility index (Phi) is 4.74. The molecule has 0 spiro atoms. The van der Waals surface area contributed by atoms with Crippen LogP contribution in [0.4, 0.5) is 5.69 Å². The van der Waals surface area contributed by atoms with Gasteiger partial charge in [0.1, 0.15) is 16.9 Å². The second-order valence-electron chi connectivity index (χ2n) is 5.38. The largest absolute Gasteiger partial charge is 0.341 e. The maximum Gasteiger partial charge on any atom is 0.300 e. The number of aromatic nitrogens is 1. The number of hydrogen-bond acceptors (Lipinski definition) is 5. The van der Waals surface area contributed by atoms with Gasteiger partial charge in [-0.05, 0) is 32.0 Å². The van der Waals surface area contributed by atoms with Gasteiger partial charge in [-0.2, -0.15) is 0 Å². The van der Waals surface area contributed by atoms with Crippen LogP contribution >= 0.6 is 11.6 Å². The molecule has 0 aliphatic carbocycles. The van der Waals surface area contributed by atoms with E-state index in [0.29, 0.717) is 12.5 Å². The van der Waals surface area contributed by atoms with Gasteiger partial charge in [0.05, 0.1) is 4.92 Å². The number of carbonyl (C=O) groups is 1. The van der Waals surface area contributed by atoms with E-state index in [4.69, 9.17) is 11.6 Å². The highest BCUT2D eigenvalue weighted by atomic mass is 35.5. The van der Waals surface area contributed by atoms with Gasteiger partial charge in [-0.1, -0.05) is 11.6 Å². The lowest BCUT2D eigenvalue weighted by atomic mass is 10.1. The maximum atomic E-state index is 12.4. The fourth-order valence-electron chi connectivity index (χ4n) is 2.59. The molecule has 1 aromatic rings. The van der Waals surface area contributed by atoms with E-state index in [1.54, 1.807) is 7.05 Å². The summed E-state index contributed by atoms with van der Waals surface area (Å²) in [5.74, 6) is -0.0131. The van der Waals surface area contributed by atoms with Crippen LogP contribution in [0, 0.1) is 16.0 Å². The summed E-state index contributed by atoms with van der Waals surface area (Å²) in [5, 5.41) is 11.1. The van der Waals surface area contributed by atoms with Crippen molar-refractivity contribution >= 4 is 23.2 Å². The van der Waals surface area contributed by atoms with Crippen LogP contribution in [0.3, 0.4) is 0 Å². The zero-order valence-corrected chi connectivity index (χ0v) is 12.7. The van der Waals surface area contributed by atoms with Crippen LogP contribution in [-0.4, -0.2) is 59.3 Å². The summed E-state index contributed by atoms with van der Waals surface area (Å²) in [7, 11) is 3.69. The Morgan fingerprint density at radius 1 is 1.67 bits per heavy atom. The third kappa shape index (κ3) is 3.68. The number of amides is 1. The number of nitrogens with zero attached hydrogens (tertiary/aromatic N) is 4. The van der Waals surface area contributed by atoms with E-state index < -0.39 is 10.8 Å². The van der Waals surface area contributed by atoms with Crippen LogP contribution in [0.15, 0.2) is 12.3 Å². The second-order valence-corrected chi connectivity index (χ2v) is 5.77. The van der Waals surface area contributed by atoms with E-state index >= 15 is 0 Å². The zero-order valence-electron chi connectivity index (χ0n) is 12.0. The van der Waals surface area contributed by atoms with Crippen LogP contribution in [-0.2, 0) is 0 Å². The highest BCUT2D eigenvalue weighted by Crippen LogP contribution is 2.23. The first-order valence-corrected chi connectivity index (χ1v) is 7.00. The van der Waals surface area contributed by atoms with Crippen molar-refractivity contribution < 1.29 is 9.72 Å². The van der Waals surface area contributed by atoms with Crippen molar-refractivity contribution in [2.24, 2.45) is 5.92 Å². The number of nitro groups is 1. The van der Waals surface area contributed by atoms with E-state index in [2.05, 4.69) is 9.88 Å². The molecule has 2 heterocycles. The van der Waals surface area contributed by atoms with Gasteiger partial charge < -0.3 is 9.80 Å². The van der Waals surface area contributed by atoms with Gasteiger partial charge in [0.15, 0.2) is 0 Å². The fourth-order valence-corrected chi connectivity index (χ4v) is 2.75. The van der Waals surface area contributed by atoms with Crippen LogP contribution < -0.4 is 0 Å². The van der Waals surface area contributed by atoms with Crippen molar-refractivity contribution in [3.05, 3.63) is 33.1 Å². The summed E-state index contributed by atoms with van der Waals surface area (Å²) >= 11 is 5.75. The van der Waals surface area contributed by atoms with Crippen molar-refractivity contribution in [2.45, 2.75) is 6.42 Å². The van der Waals surface area contributed by atoms with Crippen molar-refractivity contribution in [1.82, 2.24) is 14.8 Å². The summed E-state index contributed by atoms with van der Waals surface area (Å²) in [5.41, 5.74) is -0.339. The third-order valence-electron chi connectivity index (χ3n) is 3.64. The van der Waals surface area contributed by atoms with Crippen LogP contribution in [0.5, 0.6) is 0 Å². The lowest BCUT2D eigenvalue weighted by Crippen LogP contribution is -2.33. The minimum absolute atomic E-state index is 0.0196. The molecule has 1 aliphatic heterocycles. The Morgan fingerprint density at radius 3 is 2.95 bits per heavy atom. The van der Waals surface area contributed by atoms with Gasteiger partial charge in [-0.25, -0.2) is 4.98 Å². The number of carbonyl (C=O) groups excluding carboxylic acids is 1. The molecule has 1 unspecified atom stereocenters. The Balaban J connectivity index is 2.15. The quantitative estimate of drug-likeness (QED) is 0.480. The number of hydrogen-bond donors (Lipinski definition) is 0. The Bertz CT molecular complexity index is 566. The molecule has 0 bridgehead atoms. The van der Waals surface area contributed by atoms with Gasteiger partial charge in [0.2, 0.25) is 0 Å². The normalized spacial score (nSPS) is 18.7. The smallest absolute Gasteiger partial charge is 0.300 e. The van der Waals surface area contributed by atoms with Crippen molar-refractivity contribution in [3.63, 3.8) is 0 Å². The standard InChI is InChI=1S/C13H17ClN4O3/c1-16-4-3-9(7-16)8-17(2)13(19)10-5-12(14)15-6-11(10)18(20)21/h5-6,9H,3-4,7-8H2,1-2H3. The maximum absolute atomic E-state index is 12.4. The van der Waals surface area contributed by atoms with Crippen LogP contribution in [0.25, 0.3) is 0 Å². The second kappa shape index (κ2) is 6.36. The molecule has 0 N–H and O–H groups in total. The topological polar surface area (TPSA) is 79.6 Å². The molecule has 0 radical (unpaired) electrons. The minimum Gasteiger partial charge on any atom is -0.341 e. The van der Waals surface area contributed by atoms with Gasteiger partial charge in [0, 0.05) is 20.1 Å². The molecule has 0 aromatic carbocycles. The highest BCUT2D eigenvalue weighted by Gasteiger charge is 2.27. The van der Waals surface area contributed by atoms with E-state index in [1.165, 1.54) is 11.0 Å². The summed E-state index contributed by atoms with van der Waals surface area (Å²) in [4.78, 5) is 30.2. The molecule has 1 amide bonds. The number of halogens is 1. The van der Waals surface area contributed by atoms with Crippen molar-refractivity contribution in [3.8, 4) is 0 Å². The monoisotopic (exact) mass is 312 g/mol. The molecular weight excluding hydrogens is 296 g/mol. The summed E-state index contributed by atoms with van der Waals surface area (Å²) < 4.78 is 0. The molecular formula is C13H17ClN4O3. The average Bonchev–Trinajstić information content (AvgIpc) is 2.82. The highest BCUT2D eigenvalue weighted by molar-refractivity contribution is 6.29. The molecule has 1 atom stereocenters. The number of rotatable bonds is 4. The van der Waals surface area contributed by atoms with Gasteiger partial charge in [-0.3, -0.25) is 14.9 Å². The predicted molar refractivity (Wildman–Crippen MR) is 78.5 cm³/mol. The molecule has 114 valence electrons. The molecule has 7 nitrogen and oxygen atoms in total. The van der Waals surface area contributed by atoms with Gasteiger partial charge in [0.25, 0.3) is 11.6 Å². The summed E-state index contributed by atoms with van der Waals surface area (Å²) in [6, 6.07) is 1.25. The molecule has 0 saturated carbocycles. The lowest BCUT2D eigenvalue weighted by molar-refractivity contribution is -0.385. The molecule has 1 fully saturated rings. The third-order valence-corrected chi connectivity index (χ3v) is 3.85. The first kappa shape index (κ1) is 15.7. The predicted octanol–water partition coefficient (Wildman–Crippen LogP) is 1.67. The molecule has 1 saturated heterocycles. The number of likely N-dealkylation sites (tertiary alicyclic amines) is 1. The molecule has 2 rings (SSSR count). The van der Waals surface area contributed by atoms with E-state index in [0.717, 1.165) is 25.7 Å². The Hall–Kier alpha value is -1.73. The first-order chi connectivity index (χ1) is 9.88. The van der Waals surface area contributed by atoms with Crippen molar-refractivity contribution in [2.75, 3.05) is 33.7 Å². The zero-order chi connectivity index (χ0) is 15.6.